The summed E-state index contributed by atoms with van der Waals surface area (Å²) in [7, 11) is 0.261. The average molecular weight is 441 g/mol. The Morgan fingerprint density at radius 1 is 1.10 bits per heavy atom. The van der Waals surface area contributed by atoms with Crippen molar-refractivity contribution in [1.29, 1.82) is 0 Å². The van der Waals surface area contributed by atoms with Crippen molar-refractivity contribution in [2.45, 2.75) is 13.5 Å². The number of aromatic nitrogens is 2. The van der Waals surface area contributed by atoms with Crippen LogP contribution < -0.4 is 16.0 Å². The van der Waals surface area contributed by atoms with Crippen LogP contribution in [0.25, 0.3) is 22.2 Å². The van der Waals surface area contributed by atoms with Crippen LogP contribution in [0.1, 0.15) is 11.1 Å². The largest absolute Gasteiger partial charge is 0.420 e. The SMILES string of the molecule is Cc1cc(-c2cc(NS(C)=O)c3oc(=O)n(Cc4ccc(F)cc4)c3c2)cn(C)c1=O. The average Bonchev–Trinajstić information content (AvgIpc) is 3.02. The maximum atomic E-state index is 13.3. The molecule has 1 atom stereocenters. The first-order valence-corrected chi connectivity index (χ1v) is 11.0. The Kier molecular flexibility index (Phi) is 5.36. The number of aryl methyl sites for hydroxylation is 2. The van der Waals surface area contributed by atoms with Crippen LogP contribution in [0, 0.1) is 12.7 Å². The molecule has 2 aromatic heterocycles. The molecule has 2 aromatic carbocycles. The zero-order chi connectivity index (χ0) is 22.3. The van der Waals surface area contributed by atoms with Crippen molar-refractivity contribution >= 4 is 27.8 Å². The van der Waals surface area contributed by atoms with Crippen LogP contribution in [0.3, 0.4) is 0 Å². The Bertz CT molecular complexity index is 1410. The number of hydrogen-bond donors (Lipinski definition) is 1. The van der Waals surface area contributed by atoms with Gasteiger partial charge in [-0.3, -0.25) is 9.36 Å². The predicted octanol–water partition coefficient (Wildman–Crippen LogP) is 3.16. The van der Waals surface area contributed by atoms with Gasteiger partial charge in [0.05, 0.1) is 17.7 Å². The smallest absolute Gasteiger partial charge is 0.405 e. The highest BCUT2D eigenvalue weighted by molar-refractivity contribution is 7.85. The van der Waals surface area contributed by atoms with E-state index in [9.17, 15) is 18.2 Å². The molecule has 0 spiro atoms. The van der Waals surface area contributed by atoms with Crippen molar-refractivity contribution in [1.82, 2.24) is 9.13 Å². The van der Waals surface area contributed by atoms with Gasteiger partial charge in [-0.25, -0.2) is 13.4 Å². The van der Waals surface area contributed by atoms with Gasteiger partial charge in [-0.15, -0.1) is 0 Å². The van der Waals surface area contributed by atoms with Crippen molar-refractivity contribution < 1.29 is 13.0 Å². The van der Waals surface area contributed by atoms with Gasteiger partial charge in [0.1, 0.15) is 16.8 Å². The lowest BCUT2D eigenvalue weighted by Crippen LogP contribution is -2.18. The molecule has 1 N–H and O–H groups in total. The van der Waals surface area contributed by atoms with Crippen molar-refractivity contribution in [3.05, 3.63) is 86.5 Å². The molecule has 2 heterocycles. The molecule has 1 unspecified atom stereocenters. The van der Waals surface area contributed by atoms with Crippen LogP contribution in [-0.4, -0.2) is 19.6 Å². The van der Waals surface area contributed by atoms with E-state index in [0.717, 1.165) is 11.1 Å². The van der Waals surface area contributed by atoms with Gasteiger partial charge in [0, 0.05) is 25.1 Å². The lowest BCUT2D eigenvalue weighted by atomic mass is 10.0. The number of oxazole rings is 1. The van der Waals surface area contributed by atoms with E-state index in [2.05, 4.69) is 4.72 Å². The van der Waals surface area contributed by atoms with Crippen molar-refractivity contribution in [3.63, 3.8) is 0 Å². The van der Waals surface area contributed by atoms with Crippen LogP contribution in [-0.2, 0) is 24.6 Å². The van der Waals surface area contributed by atoms with Crippen molar-refractivity contribution in [2.75, 3.05) is 11.0 Å². The Hall–Kier alpha value is -3.46. The van der Waals surface area contributed by atoms with E-state index >= 15 is 0 Å². The fourth-order valence-corrected chi connectivity index (χ4v) is 3.98. The number of hydrogen-bond acceptors (Lipinski definition) is 4. The molecule has 4 aromatic rings. The summed E-state index contributed by atoms with van der Waals surface area (Å²) in [5.74, 6) is -0.949. The fourth-order valence-electron chi connectivity index (χ4n) is 3.52. The second-order valence-electron chi connectivity index (χ2n) is 7.34. The van der Waals surface area contributed by atoms with Gasteiger partial charge in [-0.05, 0) is 53.9 Å². The molecular weight excluding hydrogens is 421 g/mol. The molecule has 0 saturated carbocycles. The summed E-state index contributed by atoms with van der Waals surface area (Å²) in [6, 6.07) is 11.1. The van der Waals surface area contributed by atoms with E-state index in [1.807, 2.05) is 0 Å². The molecule has 0 fully saturated rings. The number of pyridine rings is 1. The number of benzene rings is 2. The first kappa shape index (κ1) is 20.8. The molecule has 4 rings (SSSR count). The highest BCUT2D eigenvalue weighted by Crippen LogP contribution is 2.31. The molecule has 0 amide bonds. The van der Waals surface area contributed by atoms with Crippen LogP contribution in [0.15, 0.2) is 62.7 Å². The number of rotatable bonds is 5. The molecule has 0 radical (unpaired) electrons. The Labute approximate surface area is 179 Å². The van der Waals surface area contributed by atoms with Gasteiger partial charge in [0.2, 0.25) is 0 Å². The fraction of sp³-hybridized carbons (Fsp3) is 0.182. The zero-order valence-electron chi connectivity index (χ0n) is 17.1. The second-order valence-corrected chi connectivity index (χ2v) is 8.45. The van der Waals surface area contributed by atoms with Crippen molar-refractivity contribution in [2.24, 2.45) is 7.05 Å². The van der Waals surface area contributed by atoms with E-state index in [1.54, 1.807) is 50.5 Å². The molecule has 0 saturated heterocycles. The van der Waals surface area contributed by atoms with Crippen LogP contribution in [0.4, 0.5) is 10.1 Å². The van der Waals surface area contributed by atoms with Crippen molar-refractivity contribution in [3.8, 4) is 11.1 Å². The lowest BCUT2D eigenvalue weighted by Gasteiger charge is -2.11. The summed E-state index contributed by atoms with van der Waals surface area (Å²) in [5, 5.41) is 0. The quantitative estimate of drug-likeness (QED) is 0.516. The second kappa shape index (κ2) is 7.99. The van der Waals surface area contributed by atoms with Crippen LogP contribution in [0.5, 0.6) is 0 Å². The summed E-state index contributed by atoms with van der Waals surface area (Å²) in [6.45, 7) is 1.91. The van der Waals surface area contributed by atoms with Gasteiger partial charge in [0.25, 0.3) is 5.56 Å². The van der Waals surface area contributed by atoms with E-state index in [1.165, 1.54) is 27.5 Å². The number of halogens is 1. The van der Waals surface area contributed by atoms with Crippen LogP contribution >= 0.6 is 0 Å². The van der Waals surface area contributed by atoms with E-state index in [-0.39, 0.29) is 23.5 Å². The first-order chi connectivity index (χ1) is 14.7. The molecule has 0 aliphatic rings. The standard InChI is InChI=1S/C22H20FN3O4S/c1-13-8-16(12-25(2)21(13)27)15-9-18(24-31(3)29)20-19(10-15)26(22(28)30-20)11-14-4-6-17(23)7-5-14/h4-10,12,24H,11H2,1-3H3. The summed E-state index contributed by atoms with van der Waals surface area (Å²) in [6.07, 6.45) is 3.17. The lowest BCUT2D eigenvalue weighted by molar-refractivity contribution is 0.518. The Morgan fingerprint density at radius 2 is 1.81 bits per heavy atom. The minimum Gasteiger partial charge on any atom is -0.405 e. The minimum atomic E-state index is -1.41. The molecule has 0 aliphatic heterocycles. The number of anilines is 1. The maximum absolute atomic E-state index is 13.3. The van der Waals surface area contributed by atoms with Crippen LogP contribution in [0.2, 0.25) is 0 Å². The molecule has 31 heavy (non-hydrogen) atoms. The minimum absolute atomic E-state index is 0.102. The number of fused-ring (bicyclic) bond motifs is 1. The Morgan fingerprint density at radius 3 is 2.45 bits per heavy atom. The van der Waals surface area contributed by atoms with E-state index in [4.69, 9.17) is 4.42 Å². The molecule has 0 aliphatic carbocycles. The Balaban J connectivity index is 1.94. The molecule has 0 bridgehead atoms. The third-order valence-electron chi connectivity index (χ3n) is 4.97. The molecular formula is C22H20FN3O4S. The number of nitrogens with zero attached hydrogens (tertiary/aromatic N) is 2. The normalized spacial score (nSPS) is 12.3. The summed E-state index contributed by atoms with van der Waals surface area (Å²) in [4.78, 5) is 24.7. The van der Waals surface area contributed by atoms with Gasteiger partial charge in [0.15, 0.2) is 5.58 Å². The maximum Gasteiger partial charge on any atom is 0.420 e. The summed E-state index contributed by atoms with van der Waals surface area (Å²) in [5.41, 5.74) is 3.83. The van der Waals surface area contributed by atoms with E-state index in [0.29, 0.717) is 22.3 Å². The summed E-state index contributed by atoms with van der Waals surface area (Å²) < 4.78 is 36.3. The molecule has 9 heteroatoms. The predicted molar refractivity (Wildman–Crippen MR) is 119 cm³/mol. The topological polar surface area (TPSA) is 86.2 Å². The third-order valence-corrected chi connectivity index (χ3v) is 5.48. The van der Waals surface area contributed by atoms with Gasteiger partial charge in [-0.1, -0.05) is 12.1 Å². The monoisotopic (exact) mass is 441 g/mol. The zero-order valence-corrected chi connectivity index (χ0v) is 18.0. The highest BCUT2D eigenvalue weighted by Gasteiger charge is 2.17. The van der Waals surface area contributed by atoms with Gasteiger partial charge < -0.3 is 13.7 Å². The van der Waals surface area contributed by atoms with E-state index < -0.39 is 16.7 Å². The third kappa shape index (κ3) is 4.09. The number of nitrogens with one attached hydrogen (secondary N) is 1. The molecule has 160 valence electrons. The van der Waals surface area contributed by atoms with Gasteiger partial charge >= 0.3 is 5.76 Å². The summed E-state index contributed by atoms with van der Waals surface area (Å²) >= 11 is 0. The molecule has 7 nitrogen and oxygen atoms in total. The van der Waals surface area contributed by atoms with Gasteiger partial charge in [-0.2, -0.15) is 0 Å². The first-order valence-electron chi connectivity index (χ1n) is 9.42. The highest BCUT2D eigenvalue weighted by atomic mass is 32.2.